The van der Waals surface area contributed by atoms with Gasteiger partial charge in [0.25, 0.3) is 0 Å². The van der Waals surface area contributed by atoms with Gasteiger partial charge in [0.1, 0.15) is 0 Å². The van der Waals surface area contributed by atoms with Crippen molar-refractivity contribution in [2.75, 3.05) is 10.7 Å². The Morgan fingerprint density at radius 2 is 1.44 bits per heavy atom. The number of hydrogen-bond acceptors (Lipinski definition) is 5. The van der Waals surface area contributed by atoms with E-state index in [4.69, 9.17) is 0 Å². The van der Waals surface area contributed by atoms with Crippen molar-refractivity contribution >= 4 is 31.9 Å². The van der Waals surface area contributed by atoms with Crippen LogP contribution in [0.5, 0.6) is 0 Å². The molecule has 0 radical (unpaired) electrons. The highest BCUT2D eigenvalue weighted by Crippen LogP contribution is 2.34. The van der Waals surface area contributed by atoms with E-state index >= 15 is 0 Å². The van der Waals surface area contributed by atoms with Crippen molar-refractivity contribution in [3.63, 3.8) is 0 Å². The normalized spacial score (nSPS) is 18.5. The summed E-state index contributed by atoms with van der Waals surface area (Å²) in [5.41, 5.74) is -1.09. The van der Waals surface area contributed by atoms with Gasteiger partial charge in [-0.3, -0.25) is 0 Å². The van der Waals surface area contributed by atoms with Crippen LogP contribution in [0.2, 0.25) is 0 Å². The maximum absolute atomic E-state index is 10.0. The number of aliphatic hydroxyl groups is 5. The SMILES string of the molecule is CCC(C)(O)CC(CC(O)(O)CBr)C(O)(O)CBr. The van der Waals surface area contributed by atoms with E-state index < -0.39 is 23.1 Å². The zero-order chi connectivity index (χ0) is 14.6. The Kier molecular flexibility index (Phi) is 7.26. The third-order valence-electron chi connectivity index (χ3n) is 3.09. The molecule has 5 N–H and O–H groups in total. The zero-order valence-corrected chi connectivity index (χ0v) is 13.8. The standard InChI is InChI=1S/C11H22Br2O5/c1-3-9(2,14)4-8(11(17,18)7-13)5-10(15,16)6-12/h8,14-18H,3-7H2,1-2H3. The van der Waals surface area contributed by atoms with Gasteiger partial charge in [-0.05, 0) is 19.8 Å². The average Bonchev–Trinajstić information content (AvgIpc) is 2.27. The largest absolute Gasteiger partial charge is 0.390 e. The van der Waals surface area contributed by atoms with E-state index in [0.717, 1.165) is 0 Å². The fraction of sp³-hybridized carbons (Fsp3) is 1.00. The second-order valence-electron chi connectivity index (χ2n) is 5.08. The van der Waals surface area contributed by atoms with Gasteiger partial charge in [0.2, 0.25) is 0 Å². The number of hydrogen-bond donors (Lipinski definition) is 5. The van der Waals surface area contributed by atoms with E-state index in [1.807, 2.05) is 0 Å². The van der Waals surface area contributed by atoms with Crippen molar-refractivity contribution in [1.82, 2.24) is 0 Å². The molecule has 0 saturated heterocycles. The first-order valence-corrected chi connectivity index (χ1v) is 7.98. The summed E-state index contributed by atoms with van der Waals surface area (Å²) in [6, 6.07) is 0. The van der Waals surface area contributed by atoms with Crippen LogP contribution in [-0.4, -0.2) is 53.4 Å². The van der Waals surface area contributed by atoms with Crippen LogP contribution in [-0.2, 0) is 0 Å². The molecule has 0 aromatic rings. The Morgan fingerprint density at radius 1 is 0.944 bits per heavy atom. The first kappa shape index (κ1) is 18.8. The zero-order valence-electron chi connectivity index (χ0n) is 10.6. The lowest BCUT2D eigenvalue weighted by molar-refractivity contribution is -0.230. The fourth-order valence-corrected chi connectivity index (χ4v) is 2.32. The number of halogens is 2. The lowest BCUT2D eigenvalue weighted by atomic mass is 9.81. The minimum Gasteiger partial charge on any atom is -0.390 e. The summed E-state index contributed by atoms with van der Waals surface area (Å²) in [6.45, 7) is 3.35. The topological polar surface area (TPSA) is 101 Å². The maximum Gasteiger partial charge on any atom is 0.175 e. The van der Waals surface area contributed by atoms with Crippen LogP contribution in [0.1, 0.15) is 33.1 Å². The Bertz CT molecular complexity index is 238. The van der Waals surface area contributed by atoms with E-state index in [1.165, 1.54) is 0 Å². The highest BCUT2D eigenvalue weighted by atomic mass is 79.9. The second kappa shape index (κ2) is 6.97. The summed E-state index contributed by atoms with van der Waals surface area (Å²) in [5.74, 6) is -5.04. The molecule has 0 rings (SSSR count). The van der Waals surface area contributed by atoms with Crippen LogP contribution in [0.3, 0.4) is 0 Å². The van der Waals surface area contributed by atoms with Gasteiger partial charge >= 0.3 is 0 Å². The molecular formula is C11H22Br2O5. The predicted molar refractivity (Wildman–Crippen MR) is 75.6 cm³/mol. The van der Waals surface area contributed by atoms with E-state index in [9.17, 15) is 25.5 Å². The van der Waals surface area contributed by atoms with Gasteiger partial charge < -0.3 is 25.5 Å². The van der Waals surface area contributed by atoms with Crippen LogP contribution in [0.25, 0.3) is 0 Å². The third-order valence-corrected chi connectivity index (χ3v) is 4.81. The first-order chi connectivity index (χ1) is 7.99. The molecule has 0 aromatic carbocycles. The molecule has 7 heteroatoms. The van der Waals surface area contributed by atoms with E-state index in [2.05, 4.69) is 31.9 Å². The van der Waals surface area contributed by atoms with Crippen LogP contribution in [0, 0.1) is 5.92 Å². The van der Waals surface area contributed by atoms with Crippen LogP contribution in [0.4, 0.5) is 0 Å². The van der Waals surface area contributed by atoms with Gasteiger partial charge in [-0.25, -0.2) is 0 Å². The van der Waals surface area contributed by atoms with Crippen LogP contribution in [0.15, 0.2) is 0 Å². The Labute approximate surface area is 124 Å². The number of rotatable bonds is 8. The minimum absolute atomic E-state index is 0.0535. The van der Waals surface area contributed by atoms with Crippen molar-refractivity contribution in [2.45, 2.75) is 50.3 Å². The molecule has 5 nitrogen and oxygen atoms in total. The molecule has 0 aliphatic heterocycles. The molecule has 18 heavy (non-hydrogen) atoms. The number of alkyl halides is 2. The molecular weight excluding hydrogens is 372 g/mol. The lowest BCUT2D eigenvalue weighted by Gasteiger charge is -2.37. The highest BCUT2D eigenvalue weighted by Gasteiger charge is 2.42. The van der Waals surface area contributed by atoms with Crippen molar-refractivity contribution in [3.05, 3.63) is 0 Å². The molecule has 0 aromatic heterocycles. The molecule has 110 valence electrons. The molecule has 0 fully saturated rings. The second-order valence-corrected chi connectivity index (χ2v) is 6.21. The summed E-state index contributed by atoms with van der Waals surface area (Å²) >= 11 is 5.92. The quantitative estimate of drug-likeness (QED) is 0.308. The Hall–Kier alpha value is 0.760. The average molecular weight is 394 g/mol. The van der Waals surface area contributed by atoms with E-state index in [1.54, 1.807) is 13.8 Å². The highest BCUT2D eigenvalue weighted by molar-refractivity contribution is 9.09. The monoisotopic (exact) mass is 392 g/mol. The minimum atomic E-state index is -2.11. The fourth-order valence-electron chi connectivity index (χ4n) is 1.63. The molecule has 0 spiro atoms. The van der Waals surface area contributed by atoms with E-state index in [0.29, 0.717) is 6.42 Å². The van der Waals surface area contributed by atoms with Crippen molar-refractivity contribution < 1.29 is 25.5 Å². The van der Waals surface area contributed by atoms with Gasteiger partial charge in [0.05, 0.1) is 16.3 Å². The molecule has 2 atom stereocenters. The van der Waals surface area contributed by atoms with Gasteiger partial charge in [0, 0.05) is 12.3 Å². The van der Waals surface area contributed by atoms with Crippen molar-refractivity contribution in [1.29, 1.82) is 0 Å². The third kappa shape index (κ3) is 6.27. The summed E-state index contributed by atoms with van der Waals surface area (Å²) in [5, 5.41) is 48.7. The van der Waals surface area contributed by atoms with Crippen LogP contribution >= 0.6 is 31.9 Å². The van der Waals surface area contributed by atoms with Crippen LogP contribution < -0.4 is 0 Å². The smallest absolute Gasteiger partial charge is 0.175 e. The summed E-state index contributed by atoms with van der Waals surface area (Å²) in [4.78, 5) is 0. The Morgan fingerprint density at radius 3 is 1.78 bits per heavy atom. The molecule has 0 bridgehead atoms. The summed E-state index contributed by atoms with van der Waals surface area (Å²) in [6.07, 6.45) is 0.227. The molecule has 0 amide bonds. The van der Waals surface area contributed by atoms with Gasteiger partial charge in [-0.15, -0.1) is 0 Å². The molecule has 0 saturated carbocycles. The van der Waals surface area contributed by atoms with Gasteiger partial charge in [0.15, 0.2) is 11.6 Å². The molecule has 0 aliphatic rings. The first-order valence-electron chi connectivity index (χ1n) is 5.73. The molecule has 0 heterocycles. The van der Waals surface area contributed by atoms with Crippen molar-refractivity contribution in [3.8, 4) is 0 Å². The van der Waals surface area contributed by atoms with Crippen molar-refractivity contribution in [2.24, 2.45) is 5.92 Å². The molecule has 2 unspecified atom stereocenters. The van der Waals surface area contributed by atoms with Gasteiger partial charge in [-0.1, -0.05) is 38.8 Å². The maximum atomic E-state index is 10.0. The predicted octanol–water partition coefficient (Wildman–Crippen LogP) is 0.695. The summed E-state index contributed by atoms with van der Waals surface area (Å²) < 4.78 is 0. The summed E-state index contributed by atoms with van der Waals surface area (Å²) in [7, 11) is 0. The van der Waals surface area contributed by atoms with E-state index in [-0.39, 0.29) is 23.5 Å². The van der Waals surface area contributed by atoms with Gasteiger partial charge in [-0.2, -0.15) is 0 Å². The molecule has 0 aliphatic carbocycles. The lowest BCUT2D eigenvalue weighted by Crippen LogP contribution is -2.48. The Balaban J connectivity index is 4.97.